The Kier molecular flexibility index (Phi) is 3.76. The number of hydrogen-bond donors (Lipinski definition) is 0. The van der Waals surface area contributed by atoms with Crippen LogP contribution >= 0.6 is 0 Å². The Morgan fingerprint density at radius 2 is 1.78 bits per heavy atom. The predicted octanol–water partition coefficient (Wildman–Crippen LogP) is 3.05. The van der Waals surface area contributed by atoms with E-state index in [9.17, 15) is 13.6 Å². The lowest BCUT2D eigenvalue weighted by Crippen LogP contribution is -2.43. The van der Waals surface area contributed by atoms with Crippen molar-refractivity contribution in [3.8, 4) is 0 Å². The van der Waals surface area contributed by atoms with Crippen LogP contribution < -0.4 is 0 Å². The number of carbonyl (C=O) groups excluding carboxylic acids is 1. The Hall–Kier alpha value is -1.29. The van der Waals surface area contributed by atoms with Crippen molar-refractivity contribution in [1.29, 1.82) is 0 Å². The van der Waals surface area contributed by atoms with Crippen LogP contribution in [0.5, 0.6) is 0 Å². The Morgan fingerprint density at radius 1 is 1.22 bits per heavy atom. The van der Waals surface area contributed by atoms with Gasteiger partial charge in [-0.15, -0.1) is 0 Å². The van der Waals surface area contributed by atoms with Gasteiger partial charge in [-0.3, -0.25) is 9.69 Å². The summed E-state index contributed by atoms with van der Waals surface area (Å²) in [6, 6.07) is 8.97. The molecule has 0 saturated carbocycles. The monoisotopic (exact) mass is 253 g/mol. The van der Waals surface area contributed by atoms with Crippen molar-refractivity contribution in [1.82, 2.24) is 4.90 Å². The Labute approximate surface area is 106 Å². The molecule has 1 aromatic rings. The highest BCUT2D eigenvalue weighted by Gasteiger charge is 2.37. The molecule has 2 nitrogen and oxygen atoms in total. The molecular formula is C14H17F2NO. The lowest BCUT2D eigenvalue weighted by molar-refractivity contribution is -0.126. The van der Waals surface area contributed by atoms with E-state index < -0.39 is 5.92 Å². The average molecular weight is 253 g/mol. The minimum absolute atomic E-state index is 0.00594. The van der Waals surface area contributed by atoms with E-state index in [1.165, 1.54) is 6.92 Å². The lowest BCUT2D eigenvalue weighted by Gasteiger charge is -2.36. The standard InChI is InChI=1S/C14H17F2NO/c1-11(18)13(12-5-3-2-4-6-12)17-9-7-14(15,16)8-10-17/h2-6,13H,7-10H2,1H3. The molecule has 0 spiro atoms. The molecule has 1 saturated heterocycles. The second-order valence-electron chi connectivity index (χ2n) is 4.82. The lowest BCUT2D eigenvalue weighted by atomic mass is 9.97. The van der Waals surface area contributed by atoms with Crippen molar-refractivity contribution in [3.63, 3.8) is 0 Å². The molecule has 1 fully saturated rings. The Morgan fingerprint density at radius 3 is 2.28 bits per heavy atom. The molecule has 0 aliphatic carbocycles. The molecule has 0 aromatic heterocycles. The molecule has 0 radical (unpaired) electrons. The number of alkyl halides is 2. The molecule has 1 aliphatic heterocycles. The summed E-state index contributed by atoms with van der Waals surface area (Å²) in [6.45, 7) is 2.06. The van der Waals surface area contributed by atoms with Crippen LogP contribution in [-0.4, -0.2) is 29.7 Å². The molecular weight excluding hydrogens is 236 g/mol. The van der Waals surface area contributed by atoms with E-state index in [0.29, 0.717) is 0 Å². The average Bonchev–Trinajstić information content (AvgIpc) is 2.33. The van der Waals surface area contributed by atoms with Crippen LogP contribution in [0.15, 0.2) is 30.3 Å². The second-order valence-corrected chi connectivity index (χ2v) is 4.82. The van der Waals surface area contributed by atoms with E-state index in [0.717, 1.165) is 5.56 Å². The number of hydrogen-bond acceptors (Lipinski definition) is 2. The van der Waals surface area contributed by atoms with Gasteiger partial charge in [-0.05, 0) is 12.5 Å². The van der Waals surface area contributed by atoms with Crippen molar-refractivity contribution in [2.45, 2.75) is 31.7 Å². The van der Waals surface area contributed by atoms with E-state index in [2.05, 4.69) is 0 Å². The van der Waals surface area contributed by atoms with Crippen molar-refractivity contribution in [3.05, 3.63) is 35.9 Å². The first kappa shape index (κ1) is 13.1. The molecule has 1 aromatic carbocycles. The number of likely N-dealkylation sites (tertiary alicyclic amines) is 1. The summed E-state index contributed by atoms with van der Waals surface area (Å²) in [6.07, 6.45) is -0.326. The summed E-state index contributed by atoms with van der Waals surface area (Å²) >= 11 is 0. The summed E-state index contributed by atoms with van der Waals surface area (Å²) in [5.41, 5.74) is 0.884. The van der Waals surface area contributed by atoms with Gasteiger partial charge in [-0.2, -0.15) is 0 Å². The highest BCUT2D eigenvalue weighted by molar-refractivity contribution is 5.82. The zero-order valence-electron chi connectivity index (χ0n) is 10.4. The van der Waals surface area contributed by atoms with Crippen LogP contribution in [0.1, 0.15) is 31.4 Å². The van der Waals surface area contributed by atoms with Crippen molar-refractivity contribution in [2.24, 2.45) is 0 Å². The van der Waals surface area contributed by atoms with Gasteiger partial charge in [0, 0.05) is 25.9 Å². The first-order valence-corrected chi connectivity index (χ1v) is 6.17. The minimum Gasteiger partial charge on any atom is -0.298 e. The maximum absolute atomic E-state index is 13.1. The minimum atomic E-state index is -2.57. The number of benzene rings is 1. The largest absolute Gasteiger partial charge is 0.298 e. The highest BCUT2D eigenvalue weighted by atomic mass is 19.3. The number of halogens is 2. The van der Waals surface area contributed by atoms with E-state index in [1.807, 2.05) is 35.2 Å². The van der Waals surface area contributed by atoms with Gasteiger partial charge >= 0.3 is 0 Å². The molecule has 0 amide bonds. The quantitative estimate of drug-likeness (QED) is 0.825. The topological polar surface area (TPSA) is 20.3 Å². The van der Waals surface area contributed by atoms with Gasteiger partial charge in [0.15, 0.2) is 5.78 Å². The predicted molar refractivity (Wildman–Crippen MR) is 65.6 cm³/mol. The summed E-state index contributed by atoms with van der Waals surface area (Å²) in [4.78, 5) is 13.6. The highest BCUT2D eigenvalue weighted by Crippen LogP contribution is 2.32. The first-order valence-electron chi connectivity index (χ1n) is 6.17. The van der Waals surface area contributed by atoms with Crippen molar-refractivity contribution >= 4 is 5.78 Å². The zero-order chi connectivity index (χ0) is 13.2. The van der Waals surface area contributed by atoms with E-state index in [-0.39, 0.29) is 37.8 Å². The number of piperidine rings is 1. The normalized spacial score (nSPS) is 21.5. The fraction of sp³-hybridized carbons (Fsp3) is 0.500. The van der Waals surface area contributed by atoms with Crippen LogP contribution in [0.2, 0.25) is 0 Å². The first-order chi connectivity index (χ1) is 8.49. The summed E-state index contributed by atoms with van der Waals surface area (Å²) < 4.78 is 26.3. The molecule has 0 N–H and O–H groups in total. The van der Waals surface area contributed by atoms with Crippen LogP contribution in [0, 0.1) is 0 Å². The summed E-state index contributed by atoms with van der Waals surface area (Å²) in [7, 11) is 0. The molecule has 1 heterocycles. The van der Waals surface area contributed by atoms with E-state index in [4.69, 9.17) is 0 Å². The van der Waals surface area contributed by atoms with Gasteiger partial charge in [0.05, 0.1) is 6.04 Å². The number of ketones is 1. The molecule has 98 valence electrons. The van der Waals surface area contributed by atoms with Crippen molar-refractivity contribution in [2.75, 3.05) is 13.1 Å². The maximum Gasteiger partial charge on any atom is 0.250 e. The molecule has 2 rings (SSSR count). The molecule has 1 atom stereocenters. The third-order valence-corrected chi connectivity index (χ3v) is 3.40. The summed E-state index contributed by atoms with van der Waals surface area (Å²) in [5, 5.41) is 0. The van der Waals surface area contributed by atoms with Crippen LogP contribution in [-0.2, 0) is 4.79 Å². The Bertz CT molecular complexity index is 409. The number of nitrogens with zero attached hydrogens (tertiary/aromatic N) is 1. The molecule has 18 heavy (non-hydrogen) atoms. The van der Waals surface area contributed by atoms with Crippen LogP contribution in [0.25, 0.3) is 0 Å². The molecule has 4 heteroatoms. The maximum atomic E-state index is 13.1. The fourth-order valence-corrected chi connectivity index (χ4v) is 2.45. The van der Waals surface area contributed by atoms with Gasteiger partial charge < -0.3 is 0 Å². The van der Waals surface area contributed by atoms with Gasteiger partial charge in [-0.25, -0.2) is 8.78 Å². The Balaban J connectivity index is 2.15. The van der Waals surface area contributed by atoms with E-state index in [1.54, 1.807) is 0 Å². The summed E-state index contributed by atoms with van der Waals surface area (Å²) in [5.74, 6) is -2.57. The smallest absolute Gasteiger partial charge is 0.250 e. The second kappa shape index (κ2) is 5.14. The third-order valence-electron chi connectivity index (χ3n) is 3.40. The van der Waals surface area contributed by atoms with Crippen LogP contribution in [0.4, 0.5) is 8.78 Å². The molecule has 0 bridgehead atoms. The van der Waals surface area contributed by atoms with Gasteiger partial charge in [0.25, 0.3) is 5.92 Å². The zero-order valence-corrected chi connectivity index (χ0v) is 10.4. The number of rotatable bonds is 3. The molecule has 1 aliphatic rings. The van der Waals surface area contributed by atoms with Gasteiger partial charge in [-0.1, -0.05) is 30.3 Å². The molecule has 1 unspecified atom stereocenters. The van der Waals surface area contributed by atoms with Gasteiger partial charge in [0.2, 0.25) is 0 Å². The number of carbonyl (C=O) groups is 1. The number of Topliss-reactive ketones (excluding diaryl/α,β-unsaturated/α-hetero) is 1. The van der Waals surface area contributed by atoms with E-state index >= 15 is 0 Å². The fourth-order valence-electron chi connectivity index (χ4n) is 2.45. The van der Waals surface area contributed by atoms with Crippen LogP contribution in [0.3, 0.4) is 0 Å². The van der Waals surface area contributed by atoms with Crippen molar-refractivity contribution < 1.29 is 13.6 Å². The SMILES string of the molecule is CC(=O)C(c1ccccc1)N1CCC(F)(F)CC1. The van der Waals surface area contributed by atoms with Gasteiger partial charge in [0.1, 0.15) is 0 Å². The third kappa shape index (κ3) is 2.93.